The lowest BCUT2D eigenvalue weighted by atomic mass is 10.2. The number of thiocarbonyl (C=S) groups is 1. The molecule has 5 heteroatoms. The van der Waals surface area contributed by atoms with Gasteiger partial charge in [-0.15, -0.1) is 0 Å². The fraction of sp³-hybridized carbons (Fsp3) is 0.200. The van der Waals surface area contributed by atoms with E-state index in [4.69, 9.17) is 17.3 Å². The molecule has 1 aromatic rings. The summed E-state index contributed by atoms with van der Waals surface area (Å²) in [6.07, 6.45) is 1.63. The van der Waals surface area contributed by atoms with Crippen molar-refractivity contribution in [1.29, 1.82) is 0 Å². The molecule has 15 heavy (non-hydrogen) atoms. The summed E-state index contributed by atoms with van der Waals surface area (Å²) < 4.78 is 0. The minimum atomic E-state index is 0.239. The number of benzene rings is 1. The molecule has 0 fully saturated rings. The Bertz CT molecular complexity index is 348. The fourth-order valence-electron chi connectivity index (χ4n) is 0.926. The highest BCUT2D eigenvalue weighted by Gasteiger charge is 1.90. The second-order valence-corrected chi connectivity index (χ2v) is 3.23. The molecule has 0 saturated carbocycles. The first-order valence-electron chi connectivity index (χ1n) is 4.58. The zero-order valence-electron chi connectivity index (χ0n) is 8.40. The van der Waals surface area contributed by atoms with Gasteiger partial charge in [-0.3, -0.25) is 5.43 Å². The largest absolute Gasteiger partial charge is 0.508 e. The lowest BCUT2D eigenvalue weighted by Crippen LogP contribution is -2.31. The summed E-state index contributed by atoms with van der Waals surface area (Å²) in [7, 11) is 0. The third-order valence-electron chi connectivity index (χ3n) is 1.61. The number of aromatic hydroxyl groups is 1. The quantitative estimate of drug-likeness (QED) is 0.409. The van der Waals surface area contributed by atoms with Crippen LogP contribution in [0.25, 0.3) is 0 Å². The number of rotatable bonds is 3. The predicted octanol–water partition coefficient (Wildman–Crippen LogP) is 1.21. The predicted molar refractivity (Wildman–Crippen MR) is 65.1 cm³/mol. The highest BCUT2D eigenvalue weighted by atomic mass is 32.1. The smallest absolute Gasteiger partial charge is 0.186 e. The van der Waals surface area contributed by atoms with Gasteiger partial charge < -0.3 is 10.4 Å². The molecule has 4 nitrogen and oxygen atoms in total. The number of hydrogen-bond donors (Lipinski definition) is 3. The molecule has 0 saturated heterocycles. The molecule has 0 bridgehead atoms. The lowest BCUT2D eigenvalue weighted by Gasteiger charge is -2.02. The van der Waals surface area contributed by atoms with Crippen LogP contribution in [0, 0.1) is 0 Å². The van der Waals surface area contributed by atoms with Gasteiger partial charge in [0, 0.05) is 6.54 Å². The van der Waals surface area contributed by atoms with Gasteiger partial charge in [-0.1, -0.05) is 0 Å². The van der Waals surface area contributed by atoms with E-state index in [1.54, 1.807) is 30.5 Å². The molecule has 0 spiro atoms. The van der Waals surface area contributed by atoms with E-state index in [1.807, 2.05) is 6.92 Å². The molecule has 0 amide bonds. The Morgan fingerprint density at radius 3 is 2.73 bits per heavy atom. The van der Waals surface area contributed by atoms with Crippen molar-refractivity contribution < 1.29 is 5.11 Å². The maximum atomic E-state index is 9.05. The average molecular weight is 223 g/mol. The van der Waals surface area contributed by atoms with Crippen LogP contribution in [0.1, 0.15) is 12.5 Å². The molecule has 0 aliphatic carbocycles. The Morgan fingerprint density at radius 1 is 1.47 bits per heavy atom. The minimum Gasteiger partial charge on any atom is -0.508 e. The van der Waals surface area contributed by atoms with E-state index in [2.05, 4.69) is 15.8 Å². The first-order chi connectivity index (χ1) is 7.22. The van der Waals surface area contributed by atoms with Crippen molar-refractivity contribution in [2.75, 3.05) is 6.54 Å². The first-order valence-corrected chi connectivity index (χ1v) is 4.99. The number of hydrazone groups is 1. The summed E-state index contributed by atoms with van der Waals surface area (Å²) in [4.78, 5) is 0. The molecule has 0 aromatic heterocycles. The molecule has 0 aliphatic rings. The van der Waals surface area contributed by atoms with E-state index in [-0.39, 0.29) is 5.75 Å². The van der Waals surface area contributed by atoms with Gasteiger partial charge in [0.1, 0.15) is 5.75 Å². The Balaban J connectivity index is 2.44. The molecule has 80 valence electrons. The van der Waals surface area contributed by atoms with Crippen LogP contribution in [0.2, 0.25) is 0 Å². The van der Waals surface area contributed by atoms with Gasteiger partial charge in [-0.2, -0.15) is 5.10 Å². The fourth-order valence-corrected chi connectivity index (χ4v) is 1.12. The van der Waals surface area contributed by atoms with Crippen molar-refractivity contribution in [3.05, 3.63) is 29.8 Å². The van der Waals surface area contributed by atoms with Gasteiger partial charge in [0.05, 0.1) is 6.21 Å². The molecule has 0 radical (unpaired) electrons. The minimum absolute atomic E-state index is 0.239. The normalized spacial score (nSPS) is 10.2. The van der Waals surface area contributed by atoms with E-state index in [1.165, 1.54) is 0 Å². The van der Waals surface area contributed by atoms with Crippen LogP contribution >= 0.6 is 12.2 Å². The van der Waals surface area contributed by atoms with Crippen LogP contribution in [0.5, 0.6) is 5.75 Å². The van der Waals surface area contributed by atoms with Gasteiger partial charge in [-0.25, -0.2) is 0 Å². The van der Waals surface area contributed by atoms with Crippen LogP contribution in [0.15, 0.2) is 29.4 Å². The van der Waals surface area contributed by atoms with E-state index in [9.17, 15) is 0 Å². The topological polar surface area (TPSA) is 56.7 Å². The van der Waals surface area contributed by atoms with Crippen molar-refractivity contribution in [2.24, 2.45) is 5.10 Å². The molecule has 1 rings (SSSR count). The Hall–Kier alpha value is -1.62. The Labute approximate surface area is 94.0 Å². The summed E-state index contributed by atoms with van der Waals surface area (Å²) in [5.41, 5.74) is 3.56. The van der Waals surface area contributed by atoms with Crippen LogP contribution in [-0.2, 0) is 0 Å². The summed E-state index contributed by atoms with van der Waals surface area (Å²) in [6, 6.07) is 6.72. The van der Waals surface area contributed by atoms with E-state index in [0.717, 1.165) is 12.1 Å². The van der Waals surface area contributed by atoms with Crippen LogP contribution in [-0.4, -0.2) is 23.0 Å². The molecule has 3 N–H and O–H groups in total. The maximum absolute atomic E-state index is 9.05. The first kappa shape index (κ1) is 11.5. The molecule has 0 unspecified atom stereocenters. The highest BCUT2D eigenvalue weighted by Crippen LogP contribution is 2.07. The summed E-state index contributed by atoms with van der Waals surface area (Å²) in [5.74, 6) is 0.239. The molecule has 0 heterocycles. The summed E-state index contributed by atoms with van der Waals surface area (Å²) in [5, 5.41) is 16.4. The van der Waals surface area contributed by atoms with E-state index < -0.39 is 0 Å². The second kappa shape index (κ2) is 5.98. The van der Waals surface area contributed by atoms with Crippen molar-refractivity contribution >= 4 is 23.5 Å². The van der Waals surface area contributed by atoms with Crippen molar-refractivity contribution in [1.82, 2.24) is 10.7 Å². The van der Waals surface area contributed by atoms with Crippen molar-refractivity contribution in [3.63, 3.8) is 0 Å². The lowest BCUT2D eigenvalue weighted by molar-refractivity contribution is 0.475. The average Bonchev–Trinajstić information content (AvgIpc) is 2.21. The maximum Gasteiger partial charge on any atom is 0.186 e. The van der Waals surface area contributed by atoms with Gasteiger partial charge in [0.25, 0.3) is 0 Å². The number of nitrogens with one attached hydrogen (secondary N) is 2. The molecule has 0 atom stereocenters. The number of phenolic OH excluding ortho intramolecular Hbond substituents is 1. The highest BCUT2D eigenvalue weighted by molar-refractivity contribution is 7.80. The van der Waals surface area contributed by atoms with Crippen LogP contribution in [0.4, 0.5) is 0 Å². The van der Waals surface area contributed by atoms with Gasteiger partial charge >= 0.3 is 0 Å². The van der Waals surface area contributed by atoms with Crippen molar-refractivity contribution in [3.8, 4) is 5.75 Å². The number of hydrogen-bond acceptors (Lipinski definition) is 3. The third-order valence-corrected chi connectivity index (χ3v) is 1.85. The van der Waals surface area contributed by atoms with E-state index >= 15 is 0 Å². The zero-order valence-corrected chi connectivity index (χ0v) is 9.21. The number of nitrogens with zero attached hydrogens (tertiary/aromatic N) is 1. The standard InChI is InChI=1S/C10H13N3OS/c1-2-11-10(15)13-12-7-8-3-5-9(14)6-4-8/h3-7,14H,2H2,1H3,(H2,11,13,15)/b12-7-. The Kier molecular flexibility index (Phi) is 4.56. The number of phenols is 1. The Morgan fingerprint density at radius 2 is 2.13 bits per heavy atom. The van der Waals surface area contributed by atoms with Gasteiger partial charge in [-0.05, 0) is 49.0 Å². The summed E-state index contributed by atoms with van der Waals surface area (Å²) in [6.45, 7) is 2.72. The molecule has 1 aromatic carbocycles. The van der Waals surface area contributed by atoms with Crippen LogP contribution < -0.4 is 10.7 Å². The van der Waals surface area contributed by atoms with Gasteiger partial charge in [0.2, 0.25) is 0 Å². The van der Waals surface area contributed by atoms with Gasteiger partial charge in [0.15, 0.2) is 5.11 Å². The molecular weight excluding hydrogens is 210 g/mol. The van der Waals surface area contributed by atoms with Crippen LogP contribution in [0.3, 0.4) is 0 Å². The monoisotopic (exact) mass is 223 g/mol. The second-order valence-electron chi connectivity index (χ2n) is 2.82. The summed E-state index contributed by atoms with van der Waals surface area (Å²) >= 11 is 4.91. The third kappa shape index (κ3) is 4.42. The molecule has 0 aliphatic heterocycles. The SMILES string of the molecule is CCNC(=S)N/N=C\c1ccc(O)cc1. The van der Waals surface area contributed by atoms with Crippen molar-refractivity contribution in [2.45, 2.75) is 6.92 Å². The van der Waals surface area contributed by atoms with E-state index in [0.29, 0.717) is 5.11 Å². The zero-order chi connectivity index (χ0) is 11.1. The molecular formula is C10H13N3OS.